The molecule has 0 N–H and O–H groups in total. The SMILES string of the molecule is [CH-]=CP.[W]. The largest absolute Gasteiger partial charge is 0.514 e. The third kappa shape index (κ3) is 13.4. The monoisotopic (exact) mass is 243 g/mol. The van der Waals surface area contributed by atoms with Gasteiger partial charge in [0.25, 0.3) is 0 Å². The van der Waals surface area contributed by atoms with Crippen LogP contribution >= 0.6 is 9.24 Å². The van der Waals surface area contributed by atoms with Crippen molar-refractivity contribution in [2.24, 2.45) is 0 Å². The Labute approximate surface area is 43.1 Å². The zero-order valence-electron chi connectivity index (χ0n) is 2.14. The second kappa shape index (κ2) is 9.13. The predicted molar refractivity (Wildman–Crippen MR) is 18.6 cm³/mol. The molecule has 0 aromatic carbocycles. The van der Waals surface area contributed by atoms with Crippen molar-refractivity contribution in [3.05, 3.63) is 12.4 Å². The van der Waals surface area contributed by atoms with Gasteiger partial charge in [-0.2, -0.15) is 9.24 Å². The quantitative estimate of drug-likeness (QED) is 0.436. The molecule has 0 saturated heterocycles. The minimum atomic E-state index is 0. The van der Waals surface area contributed by atoms with Crippen LogP contribution in [0, 0.1) is 6.58 Å². The molecule has 2 heteroatoms. The fourth-order valence-electron chi connectivity index (χ4n) is 0. The van der Waals surface area contributed by atoms with Crippen LogP contribution in [0.25, 0.3) is 0 Å². The molecule has 0 bridgehead atoms. The zero-order valence-corrected chi connectivity index (χ0v) is 6.23. The van der Waals surface area contributed by atoms with E-state index in [1.807, 2.05) is 0 Å². The second-order valence-corrected chi connectivity index (χ2v) is 0.577. The van der Waals surface area contributed by atoms with Gasteiger partial charge in [-0.05, 0) is 0 Å². The van der Waals surface area contributed by atoms with E-state index >= 15 is 0 Å². The maximum Gasteiger partial charge on any atom is 0 e. The molecule has 0 saturated carbocycles. The maximum atomic E-state index is 4.69. The van der Waals surface area contributed by atoms with Crippen molar-refractivity contribution in [1.29, 1.82) is 0 Å². The van der Waals surface area contributed by atoms with Gasteiger partial charge >= 0.3 is 0 Å². The maximum absolute atomic E-state index is 4.69. The van der Waals surface area contributed by atoms with E-state index in [1.54, 1.807) is 0 Å². The van der Waals surface area contributed by atoms with Gasteiger partial charge in [0.1, 0.15) is 0 Å². The van der Waals surface area contributed by atoms with Crippen LogP contribution in [0.1, 0.15) is 0 Å². The van der Waals surface area contributed by atoms with E-state index in [0.717, 1.165) is 0 Å². The van der Waals surface area contributed by atoms with Gasteiger partial charge in [-0.3, -0.25) is 5.82 Å². The van der Waals surface area contributed by atoms with Crippen molar-refractivity contribution >= 4 is 9.24 Å². The van der Waals surface area contributed by atoms with Gasteiger partial charge in [-0.15, -0.1) is 0 Å². The Hall–Kier alpha value is 0.858. The fourth-order valence-corrected chi connectivity index (χ4v) is 0. The van der Waals surface area contributed by atoms with Crippen molar-refractivity contribution in [1.82, 2.24) is 0 Å². The van der Waals surface area contributed by atoms with Gasteiger partial charge in [0.2, 0.25) is 0 Å². The summed E-state index contributed by atoms with van der Waals surface area (Å²) in [6.45, 7) is 4.69. The topological polar surface area (TPSA) is 0 Å². The summed E-state index contributed by atoms with van der Waals surface area (Å²) in [4.78, 5) is 0. The summed E-state index contributed by atoms with van der Waals surface area (Å²) in [5, 5.41) is 0. The van der Waals surface area contributed by atoms with E-state index in [0.29, 0.717) is 0 Å². The summed E-state index contributed by atoms with van der Waals surface area (Å²) in [6.07, 6.45) is 0. The predicted octanol–water partition coefficient (Wildman–Crippen LogP) is 0.806. The van der Waals surface area contributed by atoms with Gasteiger partial charge in [0.15, 0.2) is 0 Å². The van der Waals surface area contributed by atoms with Gasteiger partial charge in [0, 0.05) is 21.1 Å². The van der Waals surface area contributed by atoms with Gasteiger partial charge in [-0.1, -0.05) is 0 Å². The third-order valence-electron chi connectivity index (χ3n) is 0. The molecule has 0 spiro atoms. The summed E-state index contributed by atoms with van der Waals surface area (Å²) < 4.78 is 0. The Morgan fingerprint density at radius 2 is 1.75 bits per heavy atom. The molecule has 0 heterocycles. The second-order valence-electron chi connectivity index (χ2n) is 0.192. The van der Waals surface area contributed by atoms with Crippen LogP contribution in [-0.2, 0) is 21.1 Å². The molecule has 0 aromatic rings. The molecule has 0 rings (SSSR count). The average molecular weight is 243 g/mol. The number of rotatable bonds is 0. The van der Waals surface area contributed by atoms with Gasteiger partial charge in [-0.25, -0.2) is 0 Å². The Morgan fingerprint density at radius 3 is 1.75 bits per heavy atom. The van der Waals surface area contributed by atoms with Crippen LogP contribution in [-0.4, -0.2) is 0 Å². The standard InChI is InChI=1S/C2H4P.W/c1-2-3;/h1-2H,3H2;/q-1;. The smallest absolute Gasteiger partial charge is 0 e. The Bertz CT molecular complexity index is 13.5. The molecule has 1 unspecified atom stereocenters. The van der Waals surface area contributed by atoms with Crippen LogP contribution in [0.3, 0.4) is 0 Å². The first-order chi connectivity index (χ1) is 1.41. The first-order valence-corrected chi connectivity index (χ1v) is 1.33. The van der Waals surface area contributed by atoms with Gasteiger partial charge in [0.05, 0.1) is 0 Å². The van der Waals surface area contributed by atoms with E-state index in [1.165, 1.54) is 5.82 Å². The molecule has 0 nitrogen and oxygen atoms in total. The average Bonchev–Trinajstić information content (AvgIpc) is 0.918. The summed E-state index contributed by atoms with van der Waals surface area (Å²) in [7, 11) is 2.23. The number of hydrogen-bond donors (Lipinski definition) is 0. The van der Waals surface area contributed by atoms with Crippen LogP contribution in [0.2, 0.25) is 0 Å². The molecule has 0 amide bonds. The van der Waals surface area contributed by atoms with Crippen molar-refractivity contribution < 1.29 is 21.1 Å². The molecule has 0 aliphatic rings. The molecule has 0 aliphatic heterocycles. The Morgan fingerprint density at radius 1 is 1.75 bits per heavy atom. The fraction of sp³-hybridized carbons (Fsp3) is 0. The zero-order chi connectivity index (χ0) is 2.71. The summed E-state index contributed by atoms with van der Waals surface area (Å²) in [5.74, 6) is 1.42. The molecule has 4 heavy (non-hydrogen) atoms. The molecule has 24 valence electrons. The van der Waals surface area contributed by atoms with Crippen molar-refractivity contribution in [2.75, 3.05) is 0 Å². The summed E-state index contributed by atoms with van der Waals surface area (Å²) in [5.41, 5.74) is 0. The molecule has 1 atom stereocenters. The Kier molecular flexibility index (Phi) is 20.2. The third-order valence-corrected chi connectivity index (χ3v) is 0. The van der Waals surface area contributed by atoms with Gasteiger partial charge < -0.3 is 6.58 Å². The molecule has 0 aromatic heterocycles. The first-order valence-electron chi connectivity index (χ1n) is 0.667. The van der Waals surface area contributed by atoms with E-state index < -0.39 is 0 Å². The Balaban J connectivity index is 0. The van der Waals surface area contributed by atoms with Crippen LogP contribution < -0.4 is 0 Å². The van der Waals surface area contributed by atoms with E-state index in [2.05, 4.69) is 15.8 Å². The number of hydrogen-bond acceptors (Lipinski definition) is 0. The summed E-state index contributed by atoms with van der Waals surface area (Å²) in [6, 6.07) is 0. The summed E-state index contributed by atoms with van der Waals surface area (Å²) >= 11 is 0. The van der Waals surface area contributed by atoms with Crippen LogP contribution in [0.15, 0.2) is 5.82 Å². The minimum absolute atomic E-state index is 0. The first kappa shape index (κ1) is 8.85. The van der Waals surface area contributed by atoms with Crippen molar-refractivity contribution in [2.45, 2.75) is 0 Å². The molecular weight excluding hydrogens is 239 g/mol. The molecular formula is C2H4PW-. The van der Waals surface area contributed by atoms with Crippen LogP contribution in [0.5, 0.6) is 0 Å². The van der Waals surface area contributed by atoms with Crippen molar-refractivity contribution in [3.63, 3.8) is 0 Å². The van der Waals surface area contributed by atoms with Crippen LogP contribution in [0.4, 0.5) is 0 Å². The van der Waals surface area contributed by atoms with E-state index in [4.69, 9.17) is 0 Å². The molecule has 0 fully saturated rings. The minimum Gasteiger partial charge on any atom is -0.514 e. The van der Waals surface area contributed by atoms with E-state index in [9.17, 15) is 0 Å². The molecule has 0 aliphatic carbocycles. The van der Waals surface area contributed by atoms with E-state index in [-0.39, 0.29) is 21.1 Å². The normalized spacial score (nSPS) is 3.25. The van der Waals surface area contributed by atoms with Crippen molar-refractivity contribution in [3.8, 4) is 0 Å². The molecule has 0 radical (unpaired) electrons.